The van der Waals surface area contributed by atoms with E-state index in [0.29, 0.717) is 11.4 Å². The van der Waals surface area contributed by atoms with Crippen molar-refractivity contribution >= 4 is 22.5 Å². The number of pyridine rings is 1. The monoisotopic (exact) mass is 313 g/mol. The third-order valence-corrected chi connectivity index (χ3v) is 4.28. The van der Waals surface area contributed by atoms with E-state index in [2.05, 4.69) is 16.4 Å². The zero-order valence-electron chi connectivity index (χ0n) is 13.0. The minimum atomic E-state index is 0.0569. The maximum absolute atomic E-state index is 11.8. The van der Waals surface area contributed by atoms with Gasteiger partial charge >= 0.3 is 0 Å². The molecule has 0 unspecified atom stereocenters. The second-order valence-electron chi connectivity index (χ2n) is 6.05. The first kappa shape index (κ1) is 14.4. The highest BCUT2D eigenvalue weighted by Gasteiger charge is 2.29. The third kappa shape index (κ3) is 2.72. The predicted molar refractivity (Wildman–Crippen MR) is 93.2 cm³/mol. The van der Waals surface area contributed by atoms with Crippen molar-refractivity contribution < 1.29 is 4.79 Å². The molecule has 4 nitrogen and oxygen atoms in total. The second-order valence-corrected chi connectivity index (χ2v) is 6.05. The van der Waals surface area contributed by atoms with Crippen LogP contribution in [0.2, 0.25) is 0 Å². The second kappa shape index (κ2) is 5.78. The van der Waals surface area contributed by atoms with Gasteiger partial charge in [-0.1, -0.05) is 30.3 Å². The SMILES string of the molecule is N#Cc1ccccc1-c1ccc2cc(NC(=O)C3CC3)ncc2c1. The van der Waals surface area contributed by atoms with Crippen molar-refractivity contribution in [2.45, 2.75) is 12.8 Å². The minimum absolute atomic E-state index is 0.0569. The Morgan fingerprint density at radius 1 is 1.12 bits per heavy atom. The number of rotatable bonds is 3. The van der Waals surface area contributed by atoms with E-state index in [1.165, 1.54) is 0 Å². The van der Waals surface area contributed by atoms with Crippen LogP contribution in [0.15, 0.2) is 54.7 Å². The molecule has 4 heteroatoms. The normalized spacial score (nSPS) is 13.5. The lowest BCUT2D eigenvalue weighted by atomic mass is 9.98. The van der Waals surface area contributed by atoms with Crippen LogP contribution in [0.3, 0.4) is 0 Å². The molecule has 0 aliphatic heterocycles. The van der Waals surface area contributed by atoms with Crippen molar-refractivity contribution in [2.24, 2.45) is 5.92 Å². The lowest BCUT2D eigenvalue weighted by Gasteiger charge is -2.08. The fourth-order valence-electron chi connectivity index (χ4n) is 2.78. The molecule has 1 heterocycles. The van der Waals surface area contributed by atoms with Crippen LogP contribution in [0, 0.1) is 17.2 Å². The first-order valence-electron chi connectivity index (χ1n) is 7.95. The molecular formula is C20H15N3O. The number of amides is 1. The molecule has 1 aliphatic rings. The van der Waals surface area contributed by atoms with Gasteiger partial charge in [-0.2, -0.15) is 5.26 Å². The lowest BCUT2D eigenvalue weighted by Crippen LogP contribution is -2.14. The summed E-state index contributed by atoms with van der Waals surface area (Å²) >= 11 is 0. The molecule has 3 aromatic rings. The Balaban J connectivity index is 1.69. The molecular weight excluding hydrogens is 298 g/mol. The summed E-state index contributed by atoms with van der Waals surface area (Å²) in [6.45, 7) is 0. The fraction of sp³-hybridized carbons (Fsp3) is 0.150. The average Bonchev–Trinajstić information content (AvgIpc) is 3.46. The van der Waals surface area contributed by atoms with Gasteiger partial charge in [0, 0.05) is 17.5 Å². The van der Waals surface area contributed by atoms with Crippen LogP contribution in [0.1, 0.15) is 18.4 Å². The molecule has 1 aliphatic carbocycles. The molecule has 24 heavy (non-hydrogen) atoms. The van der Waals surface area contributed by atoms with Crippen LogP contribution in [-0.4, -0.2) is 10.9 Å². The molecule has 0 bridgehead atoms. The summed E-state index contributed by atoms with van der Waals surface area (Å²) in [7, 11) is 0. The zero-order valence-corrected chi connectivity index (χ0v) is 13.0. The Hall–Kier alpha value is -3.19. The Bertz CT molecular complexity index is 984. The highest BCUT2D eigenvalue weighted by Crippen LogP contribution is 2.31. The number of benzene rings is 2. The van der Waals surface area contributed by atoms with Gasteiger partial charge in [0.25, 0.3) is 0 Å². The van der Waals surface area contributed by atoms with E-state index in [4.69, 9.17) is 0 Å². The molecule has 1 N–H and O–H groups in total. The van der Waals surface area contributed by atoms with Gasteiger partial charge in [-0.3, -0.25) is 4.79 Å². The van der Waals surface area contributed by atoms with Crippen molar-refractivity contribution in [2.75, 3.05) is 5.32 Å². The maximum Gasteiger partial charge on any atom is 0.228 e. The molecule has 0 atom stereocenters. The summed E-state index contributed by atoms with van der Waals surface area (Å²) < 4.78 is 0. The summed E-state index contributed by atoms with van der Waals surface area (Å²) in [6.07, 6.45) is 3.71. The van der Waals surface area contributed by atoms with Gasteiger partial charge in [-0.25, -0.2) is 4.98 Å². The van der Waals surface area contributed by atoms with E-state index in [1.54, 1.807) is 6.20 Å². The van der Waals surface area contributed by atoms with E-state index < -0.39 is 0 Å². The van der Waals surface area contributed by atoms with Crippen LogP contribution < -0.4 is 5.32 Å². The number of anilines is 1. The number of hydrogen-bond acceptors (Lipinski definition) is 3. The molecule has 0 saturated heterocycles. The van der Waals surface area contributed by atoms with Crippen molar-refractivity contribution in [1.82, 2.24) is 4.98 Å². The summed E-state index contributed by atoms with van der Waals surface area (Å²) in [6, 6.07) is 17.7. The highest BCUT2D eigenvalue weighted by atomic mass is 16.2. The summed E-state index contributed by atoms with van der Waals surface area (Å²) in [5, 5.41) is 14.1. The Morgan fingerprint density at radius 3 is 2.75 bits per heavy atom. The summed E-state index contributed by atoms with van der Waals surface area (Å²) in [5.74, 6) is 0.804. The third-order valence-electron chi connectivity index (χ3n) is 4.28. The van der Waals surface area contributed by atoms with Gasteiger partial charge in [-0.15, -0.1) is 0 Å². The molecule has 1 amide bonds. The Morgan fingerprint density at radius 2 is 1.96 bits per heavy atom. The number of hydrogen-bond donors (Lipinski definition) is 1. The zero-order chi connectivity index (χ0) is 16.5. The smallest absolute Gasteiger partial charge is 0.228 e. The average molecular weight is 313 g/mol. The van der Waals surface area contributed by atoms with Gasteiger partial charge in [0.1, 0.15) is 5.82 Å². The molecule has 1 saturated carbocycles. The standard InChI is InChI=1S/C20H15N3O/c21-11-16-3-1-2-4-18(16)15-8-7-14-10-19(22-12-17(14)9-15)23-20(24)13-5-6-13/h1-4,7-10,12-13H,5-6H2,(H,22,23,24). The lowest BCUT2D eigenvalue weighted by molar-refractivity contribution is -0.117. The fourth-order valence-corrected chi connectivity index (χ4v) is 2.78. The number of fused-ring (bicyclic) bond motifs is 1. The molecule has 2 aromatic carbocycles. The molecule has 1 fully saturated rings. The Labute approximate surface area is 139 Å². The number of carbonyl (C=O) groups excluding carboxylic acids is 1. The molecule has 1 aromatic heterocycles. The van der Waals surface area contributed by atoms with Crippen molar-refractivity contribution in [3.8, 4) is 17.2 Å². The highest BCUT2D eigenvalue weighted by molar-refractivity contribution is 5.96. The van der Waals surface area contributed by atoms with Crippen molar-refractivity contribution in [3.63, 3.8) is 0 Å². The summed E-state index contributed by atoms with van der Waals surface area (Å²) in [5.41, 5.74) is 2.54. The van der Waals surface area contributed by atoms with Gasteiger partial charge < -0.3 is 5.32 Å². The van der Waals surface area contributed by atoms with Crippen LogP contribution in [-0.2, 0) is 4.79 Å². The van der Waals surface area contributed by atoms with E-state index >= 15 is 0 Å². The largest absolute Gasteiger partial charge is 0.310 e. The summed E-state index contributed by atoms with van der Waals surface area (Å²) in [4.78, 5) is 16.2. The first-order valence-corrected chi connectivity index (χ1v) is 7.95. The molecule has 0 spiro atoms. The van der Waals surface area contributed by atoms with Crippen LogP contribution in [0.25, 0.3) is 21.9 Å². The van der Waals surface area contributed by atoms with E-state index in [0.717, 1.165) is 34.7 Å². The van der Waals surface area contributed by atoms with Gasteiger partial charge in [0.2, 0.25) is 5.91 Å². The molecule has 4 rings (SSSR count). The maximum atomic E-state index is 11.8. The van der Waals surface area contributed by atoms with Crippen molar-refractivity contribution in [3.05, 3.63) is 60.3 Å². The van der Waals surface area contributed by atoms with E-state index in [-0.39, 0.29) is 11.8 Å². The van der Waals surface area contributed by atoms with Crippen LogP contribution >= 0.6 is 0 Å². The first-order chi connectivity index (χ1) is 11.7. The van der Waals surface area contributed by atoms with Crippen LogP contribution in [0.4, 0.5) is 5.82 Å². The number of carbonyl (C=O) groups is 1. The Kier molecular flexibility index (Phi) is 3.47. The number of nitrogens with one attached hydrogen (secondary N) is 1. The number of nitrogens with zero attached hydrogens (tertiary/aromatic N) is 2. The van der Waals surface area contributed by atoms with Crippen LogP contribution in [0.5, 0.6) is 0 Å². The molecule has 116 valence electrons. The minimum Gasteiger partial charge on any atom is -0.310 e. The van der Waals surface area contributed by atoms with Gasteiger partial charge in [-0.05, 0) is 47.6 Å². The van der Waals surface area contributed by atoms with E-state index in [9.17, 15) is 10.1 Å². The molecule has 0 radical (unpaired) electrons. The van der Waals surface area contributed by atoms with Crippen molar-refractivity contribution in [1.29, 1.82) is 5.26 Å². The van der Waals surface area contributed by atoms with Gasteiger partial charge in [0.15, 0.2) is 0 Å². The van der Waals surface area contributed by atoms with Gasteiger partial charge in [0.05, 0.1) is 11.6 Å². The quantitative estimate of drug-likeness (QED) is 0.791. The topological polar surface area (TPSA) is 65.8 Å². The number of nitriles is 1. The van der Waals surface area contributed by atoms with E-state index in [1.807, 2.05) is 48.5 Å². The number of aromatic nitrogens is 1. The predicted octanol–water partition coefficient (Wildman–Crippen LogP) is 4.12.